The number of anilines is 3. The molecule has 0 fully saturated rings. The fourth-order valence-electron chi connectivity index (χ4n) is 4.22. The predicted octanol–water partition coefficient (Wildman–Crippen LogP) is 4.63. The van der Waals surface area contributed by atoms with E-state index >= 15 is 0 Å². The number of nitrogens with zero attached hydrogens (tertiary/aromatic N) is 5. The van der Waals surface area contributed by atoms with E-state index in [9.17, 15) is 12.8 Å². The van der Waals surface area contributed by atoms with Crippen LogP contribution < -0.4 is 15.5 Å². The molecule has 0 aliphatic heterocycles. The fourth-order valence-corrected chi connectivity index (χ4v) is 5.24. The van der Waals surface area contributed by atoms with Crippen LogP contribution in [-0.4, -0.2) is 51.9 Å². The number of benzene rings is 3. The van der Waals surface area contributed by atoms with Crippen molar-refractivity contribution in [3.05, 3.63) is 108 Å². The summed E-state index contributed by atoms with van der Waals surface area (Å²) < 4.78 is 42.9. The molecule has 0 bridgehead atoms. The molecule has 0 aliphatic rings. The standard InChI is InChI=1S/C30H29FN8O3S/c1-20-8-11-24(31)18-26(20)34-30-35-28(27(23-6-4-3-5-7-23)29(36-30)39-16-14-32-19-39)38-37-21(2)22-9-12-25(13-10-22)43(41,42)33-15-17-40/h3-14,16,18-19,33,40H,15,17H2,1-2H3,(H2,34,35,36,38). The first-order valence-electron chi connectivity index (χ1n) is 13.3. The number of hydrazone groups is 1. The number of hydrogen-bond donors (Lipinski definition) is 4. The molecule has 0 radical (unpaired) electrons. The highest BCUT2D eigenvalue weighted by Gasteiger charge is 2.19. The summed E-state index contributed by atoms with van der Waals surface area (Å²) in [5.41, 5.74) is 7.09. The summed E-state index contributed by atoms with van der Waals surface area (Å²) in [5, 5.41) is 16.6. The minimum Gasteiger partial charge on any atom is -0.395 e. The number of imidazole rings is 1. The topological polar surface area (TPSA) is 146 Å². The quantitative estimate of drug-likeness (QED) is 0.127. The van der Waals surface area contributed by atoms with Crippen molar-refractivity contribution in [1.82, 2.24) is 24.2 Å². The number of sulfonamides is 1. The molecule has 4 N–H and O–H groups in total. The van der Waals surface area contributed by atoms with Crippen LogP contribution in [-0.2, 0) is 10.0 Å². The van der Waals surface area contributed by atoms with Crippen molar-refractivity contribution in [1.29, 1.82) is 0 Å². The molecule has 2 heterocycles. The lowest BCUT2D eigenvalue weighted by atomic mass is 10.1. The van der Waals surface area contributed by atoms with Gasteiger partial charge in [0.25, 0.3) is 0 Å². The summed E-state index contributed by atoms with van der Waals surface area (Å²) in [6, 6.07) is 20.2. The van der Waals surface area contributed by atoms with E-state index in [0.29, 0.717) is 34.2 Å². The van der Waals surface area contributed by atoms with Gasteiger partial charge in [-0.2, -0.15) is 15.1 Å². The average Bonchev–Trinajstić information content (AvgIpc) is 3.56. The van der Waals surface area contributed by atoms with Crippen LogP contribution in [0.15, 0.2) is 102 Å². The molecule has 11 nitrogen and oxygen atoms in total. The Kier molecular flexibility index (Phi) is 8.85. The molecule has 0 unspecified atom stereocenters. The van der Waals surface area contributed by atoms with Gasteiger partial charge in [0, 0.05) is 24.6 Å². The minimum absolute atomic E-state index is 0.0703. The number of aromatic nitrogens is 4. The van der Waals surface area contributed by atoms with Crippen molar-refractivity contribution in [2.45, 2.75) is 18.7 Å². The predicted molar refractivity (Wildman–Crippen MR) is 164 cm³/mol. The highest BCUT2D eigenvalue weighted by atomic mass is 32.2. The molecular formula is C30H29FN8O3S. The molecule has 0 saturated heterocycles. The Morgan fingerprint density at radius 2 is 1.81 bits per heavy atom. The van der Waals surface area contributed by atoms with Crippen LogP contribution in [0.4, 0.5) is 21.8 Å². The number of hydrogen-bond acceptors (Lipinski definition) is 9. The zero-order valence-corrected chi connectivity index (χ0v) is 24.2. The molecule has 43 heavy (non-hydrogen) atoms. The monoisotopic (exact) mass is 600 g/mol. The van der Waals surface area contributed by atoms with Crippen LogP contribution >= 0.6 is 0 Å². The maximum atomic E-state index is 14.1. The Balaban J connectivity index is 1.56. The first-order chi connectivity index (χ1) is 20.7. The fraction of sp³-hybridized carbons (Fsp3) is 0.133. The van der Waals surface area contributed by atoms with Gasteiger partial charge in [-0.1, -0.05) is 48.5 Å². The van der Waals surface area contributed by atoms with E-state index < -0.39 is 15.8 Å². The minimum atomic E-state index is -3.74. The van der Waals surface area contributed by atoms with Gasteiger partial charge in [-0.3, -0.25) is 9.99 Å². The lowest BCUT2D eigenvalue weighted by Gasteiger charge is -2.17. The van der Waals surface area contributed by atoms with E-state index in [-0.39, 0.29) is 24.0 Å². The van der Waals surface area contributed by atoms with Gasteiger partial charge in [-0.25, -0.2) is 22.5 Å². The zero-order chi connectivity index (χ0) is 30.4. The van der Waals surface area contributed by atoms with E-state index in [0.717, 1.165) is 11.1 Å². The molecular weight excluding hydrogens is 571 g/mol. The van der Waals surface area contributed by atoms with Crippen molar-refractivity contribution < 1.29 is 17.9 Å². The smallest absolute Gasteiger partial charge is 0.240 e. The Labute approximate surface area is 248 Å². The van der Waals surface area contributed by atoms with Crippen molar-refractivity contribution in [2.24, 2.45) is 5.10 Å². The van der Waals surface area contributed by atoms with E-state index in [1.54, 1.807) is 48.4 Å². The number of halogens is 1. The Bertz CT molecular complexity index is 1850. The van der Waals surface area contributed by atoms with Gasteiger partial charge < -0.3 is 10.4 Å². The van der Waals surface area contributed by atoms with Gasteiger partial charge in [0.05, 0.1) is 22.8 Å². The van der Waals surface area contributed by atoms with Gasteiger partial charge in [0.1, 0.15) is 12.1 Å². The van der Waals surface area contributed by atoms with Crippen molar-refractivity contribution in [2.75, 3.05) is 23.9 Å². The van der Waals surface area contributed by atoms with Gasteiger partial charge in [-0.05, 0) is 54.8 Å². The molecule has 3 aromatic carbocycles. The highest BCUT2D eigenvalue weighted by molar-refractivity contribution is 7.89. The molecule has 220 valence electrons. The first kappa shape index (κ1) is 29.5. The van der Waals surface area contributed by atoms with Gasteiger partial charge in [0.15, 0.2) is 11.6 Å². The molecule has 0 atom stereocenters. The van der Waals surface area contributed by atoms with Crippen LogP contribution in [0.3, 0.4) is 0 Å². The summed E-state index contributed by atoms with van der Waals surface area (Å²) in [6.45, 7) is 3.25. The third kappa shape index (κ3) is 6.92. The second kappa shape index (κ2) is 12.9. The van der Waals surface area contributed by atoms with Crippen molar-refractivity contribution in [3.8, 4) is 16.9 Å². The summed E-state index contributed by atoms with van der Waals surface area (Å²) in [5.74, 6) is 0.687. The second-order valence-corrected chi connectivity index (χ2v) is 11.2. The number of rotatable bonds is 11. The Hall–Kier alpha value is -4.98. The van der Waals surface area contributed by atoms with Gasteiger partial charge in [0.2, 0.25) is 16.0 Å². The van der Waals surface area contributed by atoms with Gasteiger partial charge >= 0.3 is 0 Å². The first-order valence-corrected chi connectivity index (χ1v) is 14.7. The second-order valence-electron chi connectivity index (χ2n) is 9.47. The maximum Gasteiger partial charge on any atom is 0.240 e. The molecule has 5 rings (SSSR count). The molecule has 2 aromatic heterocycles. The molecule has 0 spiro atoms. The summed E-state index contributed by atoms with van der Waals surface area (Å²) >= 11 is 0. The number of aryl methyl sites for hydroxylation is 1. The van der Waals surface area contributed by atoms with E-state index in [1.165, 1.54) is 24.3 Å². The van der Waals surface area contributed by atoms with Crippen LogP contribution in [0, 0.1) is 12.7 Å². The molecule has 0 amide bonds. The van der Waals surface area contributed by atoms with Crippen molar-refractivity contribution in [3.63, 3.8) is 0 Å². The largest absolute Gasteiger partial charge is 0.395 e. The molecule has 0 saturated carbocycles. The lowest BCUT2D eigenvalue weighted by molar-refractivity contribution is 0.301. The number of aliphatic hydroxyl groups excluding tert-OH is 1. The van der Waals surface area contributed by atoms with E-state index in [1.807, 2.05) is 37.3 Å². The summed E-state index contributed by atoms with van der Waals surface area (Å²) in [4.78, 5) is 13.7. The van der Waals surface area contributed by atoms with Crippen LogP contribution in [0.2, 0.25) is 0 Å². The van der Waals surface area contributed by atoms with Crippen LogP contribution in [0.1, 0.15) is 18.1 Å². The SMILES string of the molecule is CC(=NNc1nc(Nc2cc(F)ccc2C)nc(-n2ccnc2)c1-c1ccccc1)c1ccc(S(=O)(=O)NCCO)cc1. The Morgan fingerprint density at radius 3 is 2.51 bits per heavy atom. The number of aliphatic hydroxyl groups is 1. The third-order valence-corrected chi connectivity index (χ3v) is 7.94. The Morgan fingerprint density at radius 1 is 1.05 bits per heavy atom. The highest BCUT2D eigenvalue weighted by Crippen LogP contribution is 2.34. The lowest BCUT2D eigenvalue weighted by Crippen LogP contribution is -2.26. The molecule has 0 aliphatic carbocycles. The van der Waals surface area contributed by atoms with E-state index in [2.05, 4.69) is 25.6 Å². The van der Waals surface area contributed by atoms with Crippen LogP contribution in [0.25, 0.3) is 16.9 Å². The summed E-state index contributed by atoms with van der Waals surface area (Å²) in [6.07, 6.45) is 5.02. The van der Waals surface area contributed by atoms with Crippen molar-refractivity contribution >= 4 is 33.2 Å². The van der Waals surface area contributed by atoms with E-state index in [4.69, 9.17) is 15.1 Å². The maximum absolute atomic E-state index is 14.1. The molecule has 5 aromatic rings. The van der Waals surface area contributed by atoms with Gasteiger partial charge in [-0.15, -0.1) is 0 Å². The van der Waals surface area contributed by atoms with Crippen LogP contribution in [0.5, 0.6) is 0 Å². The molecule has 13 heteroatoms. The number of nitrogens with one attached hydrogen (secondary N) is 3. The summed E-state index contributed by atoms with van der Waals surface area (Å²) in [7, 11) is -3.74. The zero-order valence-electron chi connectivity index (χ0n) is 23.4. The average molecular weight is 601 g/mol. The normalized spacial score (nSPS) is 11.9. The third-order valence-electron chi connectivity index (χ3n) is 6.46.